The number of halogens is 1. The van der Waals surface area contributed by atoms with Crippen molar-refractivity contribution in [1.82, 2.24) is 15.0 Å². The summed E-state index contributed by atoms with van der Waals surface area (Å²) in [4.78, 5) is 16.5. The van der Waals surface area contributed by atoms with E-state index in [1.807, 2.05) is 13.0 Å². The first kappa shape index (κ1) is 11.9. The molecule has 2 heterocycles. The lowest BCUT2D eigenvalue weighted by Crippen LogP contribution is -2.26. The predicted molar refractivity (Wildman–Crippen MR) is 65.5 cm³/mol. The fourth-order valence-electron chi connectivity index (χ4n) is 1.50. The summed E-state index contributed by atoms with van der Waals surface area (Å²) in [5.41, 5.74) is 1.28. The van der Waals surface area contributed by atoms with Crippen LogP contribution < -0.4 is 0 Å². The molecular formula is C11H12BrN3O2. The molecule has 0 spiro atoms. The average molecular weight is 298 g/mol. The van der Waals surface area contributed by atoms with E-state index in [0.717, 1.165) is 15.9 Å². The molecule has 2 rings (SSSR count). The van der Waals surface area contributed by atoms with Gasteiger partial charge in [0.05, 0.1) is 6.54 Å². The molecule has 17 heavy (non-hydrogen) atoms. The monoisotopic (exact) mass is 297 g/mol. The quantitative estimate of drug-likeness (QED) is 0.946. The number of aromatic amines is 1. The summed E-state index contributed by atoms with van der Waals surface area (Å²) in [7, 11) is 1.72. The number of aromatic nitrogens is 2. The third kappa shape index (κ3) is 2.76. The van der Waals surface area contributed by atoms with Gasteiger partial charge in [-0.25, -0.2) is 0 Å². The second-order valence-electron chi connectivity index (χ2n) is 3.82. The van der Waals surface area contributed by atoms with Gasteiger partial charge in [-0.2, -0.15) is 0 Å². The van der Waals surface area contributed by atoms with Gasteiger partial charge < -0.3 is 14.4 Å². The summed E-state index contributed by atoms with van der Waals surface area (Å²) < 4.78 is 5.80. The van der Waals surface area contributed by atoms with Gasteiger partial charge >= 0.3 is 0 Å². The van der Waals surface area contributed by atoms with E-state index in [-0.39, 0.29) is 5.91 Å². The molecule has 0 fully saturated rings. The highest BCUT2D eigenvalue weighted by Crippen LogP contribution is 2.13. The molecule has 0 atom stereocenters. The highest BCUT2D eigenvalue weighted by molar-refractivity contribution is 9.10. The highest BCUT2D eigenvalue weighted by Gasteiger charge is 2.15. The van der Waals surface area contributed by atoms with E-state index >= 15 is 0 Å². The minimum atomic E-state index is -0.0867. The molecule has 1 amide bonds. The summed E-state index contributed by atoms with van der Waals surface area (Å²) in [6, 6.07) is 3.56. The Hall–Kier alpha value is -1.56. The zero-order valence-corrected chi connectivity index (χ0v) is 11.1. The van der Waals surface area contributed by atoms with E-state index < -0.39 is 0 Å². The predicted octanol–water partition coefficient (Wildman–Crippen LogP) is 2.35. The van der Waals surface area contributed by atoms with Gasteiger partial charge in [-0.05, 0) is 28.9 Å². The van der Waals surface area contributed by atoms with Crippen molar-refractivity contribution in [3.05, 3.63) is 40.0 Å². The zero-order valence-electron chi connectivity index (χ0n) is 9.53. The van der Waals surface area contributed by atoms with Gasteiger partial charge in [0.15, 0.2) is 0 Å². The number of hydrogen-bond acceptors (Lipinski definition) is 3. The number of nitrogens with zero attached hydrogens (tertiary/aromatic N) is 2. The Kier molecular flexibility index (Phi) is 3.33. The fourth-order valence-corrected chi connectivity index (χ4v) is 1.85. The first-order valence-electron chi connectivity index (χ1n) is 5.08. The van der Waals surface area contributed by atoms with E-state index in [9.17, 15) is 4.79 Å². The second-order valence-corrected chi connectivity index (χ2v) is 4.74. The van der Waals surface area contributed by atoms with E-state index in [4.69, 9.17) is 4.52 Å². The Morgan fingerprint density at radius 3 is 2.88 bits per heavy atom. The molecule has 1 N–H and O–H groups in total. The highest BCUT2D eigenvalue weighted by atomic mass is 79.9. The van der Waals surface area contributed by atoms with Crippen LogP contribution in [-0.2, 0) is 6.54 Å². The van der Waals surface area contributed by atoms with Crippen LogP contribution >= 0.6 is 15.9 Å². The molecule has 0 aliphatic heterocycles. The Morgan fingerprint density at radius 1 is 1.59 bits per heavy atom. The molecule has 0 saturated heterocycles. The van der Waals surface area contributed by atoms with Crippen molar-refractivity contribution in [2.75, 3.05) is 7.05 Å². The van der Waals surface area contributed by atoms with E-state index in [2.05, 4.69) is 26.1 Å². The molecule has 90 valence electrons. The zero-order chi connectivity index (χ0) is 12.4. The lowest BCUT2D eigenvalue weighted by molar-refractivity contribution is 0.0777. The number of nitrogens with one attached hydrogen (secondary N) is 1. The largest absolute Gasteiger partial charge is 0.361 e. The van der Waals surface area contributed by atoms with E-state index in [1.165, 1.54) is 0 Å². The van der Waals surface area contributed by atoms with Crippen LogP contribution in [0.25, 0.3) is 0 Å². The van der Waals surface area contributed by atoms with Crippen LogP contribution in [0.5, 0.6) is 0 Å². The summed E-state index contributed by atoms with van der Waals surface area (Å²) in [6.07, 6.45) is 1.72. The van der Waals surface area contributed by atoms with Crippen molar-refractivity contribution in [3.8, 4) is 0 Å². The fraction of sp³-hybridized carbons (Fsp3) is 0.273. The van der Waals surface area contributed by atoms with Crippen LogP contribution in [0.15, 0.2) is 27.3 Å². The third-order valence-corrected chi connectivity index (χ3v) is 2.76. The summed E-state index contributed by atoms with van der Waals surface area (Å²) in [6.45, 7) is 2.24. The van der Waals surface area contributed by atoms with Crippen molar-refractivity contribution in [1.29, 1.82) is 0 Å². The van der Waals surface area contributed by atoms with Crippen molar-refractivity contribution in [3.63, 3.8) is 0 Å². The number of carbonyl (C=O) groups excluding carboxylic acids is 1. The minimum Gasteiger partial charge on any atom is -0.361 e. The second kappa shape index (κ2) is 4.75. The Morgan fingerprint density at radius 2 is 2.35 bits per heavy atom. The number of hydrogen-bond donors (Lipinski definition) is 1. The Labute approximate surface area is 107 Å². The molecule has 0 unspecified atom stereocenters. The lowest BCUT2D eigenvalue weighted by Gasteiger charge is -2.14. The first-order valence-corrected chi connectivity index (χ1v) is 5.87. The molecule has 0 radical (unpaired) electrons. The maximum absolute atomic E-state index is 12.0. The normalized spacial score (nSPS) is 10.5. The first-order chi connectivity index (χ1) is 8.06. The standard InChI is InChI=1S/C11H12BrN3O2/c1-7-3-9(14-17-7)6-15(2)11(16)10-4-8(12)5-13-10/h3-5,13H,6H2,1-2H3. The Bertz CT molecular complexity index is 532. The van der Waals surface area contributed by atoms with Gasteiger partial charge in [0.25, 0.3) is 5.91 Å². The molecule has 0 saturated carbocycles. The molecule has 0 aromatic carbocycles. The van der Waals surface area contributed by atoms with Gasteiger partial charge in [0.1, 0.15) is 17.1 Å². The van der Waals surface area contributed by atoms with E-state index in [0.29, 0.717) is 12.2 Å². The average Bonchev–Trinajstić information content (AvgIpc) is 2.87. The number of rotatable bonds is 3. The van der Waals surface area contributed by atoms with Crippen LogP contribution in [-0.4, -0.2) is 28.0 Å². The number of amides is 1. The van der Waals surface area contributed by atoms with E-state index in [1.54, 1.807) is 24.2 Å². The molecule has 2 aromatic heterocycles. The van der Waals surface area contributed by atoms with Gasteiger partial charge in [-0.3, -0.25) is 4.79 Å². The SMILES string of the molecule is Cc1cc(CN(C)C(=O)c2cc(Br)c[nH]2)no1. The van der Waals surface area contributed by atoms with Crippen LogP contribution in [0, 0.1) is 6.92 Å². The van der Waals surface area contributed by atoms with Crippen LogP contribution in [0.3, 0.4) is 0 Å². The number of aryl methyl sites for hydroxylation is 1. The number of carbonyl (C=O) groups is 1. The molecule has 0 aliphatic carbocycles. The maximum Gasteiger partial charge on any atom is 0.270 e. The molecule has 0 bridgehead atoms. The van der Waals surface area contributed by atoms with Crippen LogP contribution in [0.1, 0.15) is 21.9 Å². The molecule has 5 nitrogen and oxygen atoms in total. The van der Waals surface area contributed by atoms with Crippen molar-refractivity contribution >= 4 is 21.8 Å². The van der Waals surface area contributed by atoms with Gasteiger partial charge in [-0.1, -0.05) is 5.16 Å². The van der Waals surface area contributed by atoms with Crippen molar-refractivity contribution in [2.24, 2.45) is 0 Å². The van der Waals surface area contributed by atoms with Gasteiger partial charge in [-0.15, -0.1) is 0 Å². The van der Waals surface area contributed by atoms with Crippen molar-refractivity contribution in [2.45, 2.75) is 13.5 Å². The topological polar surface area (TPSA) is 62.1 Å². The Balaban J connectivity index is 2.05. The van der Waals surface area contributed by atoms with Crippen molar-refractivity contribution < 1.29 is 9.32 Å². The van der Waals surface area contributed by atoms with Crippen LogP contribution in [0.2, 0.25) is 0 Å². The third-order valence-electron chi connectivity index (χ3n) is 2.30. The molecule has 2 aromatic rings. The summed E-state index contributed by atoms with van der Waals surface area (Å²) >= 11 is 3.29. The summed E-state index contributed by atoms with van der Waals surface area (Å²) in [5.74, 6) is 0.653. The maximum atomic E-state index is 12.0. The lowest BCUT2D eigenvalue weighted by atomic mass is 10.3. The number of H-pyrrole nitrogens is 1. The van der Waals surface area contributed by atoms with Gasteiger partial charge in [0.2, 0.25) is 0 Å². The minimum absolute atomic E-state index is 0.0867. The molecular weight excluding hydrogens is 286 g/mol. The summed E-state index contributed by atoms with van der Waals surface area (Å²) in [5, 5.41) is 3.85. The van der Waals surface area contributed by atoms with Gasteiger partial charge in [0, 0.05) is 23.8 Å². The smallest absolute Gasteiger partial charge is 0.270 e. The molecule has 0 aliphatic rings. The van der Waals surface area contributed by atoms with Crippen LogP contribution in [0.4, 0.5) is 0 Å². The molecule has 6 heteroatoms.